The summed E-state index contributed by atoms with van der Waals surface area (Å²) in [5.41, 5.74) is -1.18. The van der Waals surface area contributed by atoms with Crippen molar-refractivity contribution >= 4 is 16.9 Å². The van der Waals surface area contributed by atoms with Crippen molar-refractivity contribution in [1.29, 1.82) is 5.26 Å². The number of non-ortho nitro benzene ring substituents is 1. The molecule has 30 heavy (non-hydrogen) atoms. The number of aromatic amines is 1. The average molecular weight is 417 g/mol. The summed E-state index contributed by atoms with van der Waals surface area (Å²) < 4.78 is 44.0. The Labute approximate surface area is 165 Å². The minimum atomic E-state index is -4.57. The summed E-state index contributed by atoms with van der Waals surface area (Å²) in [6, 6.07) is 9.44. The summed E-state index contributed by atoms with van der Waals surface area (Å²) in [7, 11) is 0. The van der Waals surface area contributed by atoms with E-state index in [0.29, 0.717) is 0 Å². The lowest BCUT2D eigenvalue weighted by atomic mass is 10.2. The maximum atomic E-state index is 12.9. The first-order valence-electron chi connectivity index (χ1n) is 8.01. The van der Waals surface area contributed by atoms with Crippen molar-refractivity contribution in [3.8, 4) is 17.6 Å². The maximum Gasteiger partial charge on any atom is 0.416 e. The van der Waals surface area contributed by atoms with Crippen molar-refractivity contribution in [3.05, 3.63) is 70.2 Å². The van der Waals surface area contributed by atoms with Gasteiger partial charge in [-0.3, -0.25) is 10.1 Å². The maximum absolute atomic E-state index is 12.9. The standard InChI is InChI=1S/C17H10F3N7O3/c18-17(19,20)11-2-1-3-14(4-11)30-15-6-12(5-13(7-15)27(28)29)22-9-10(8-21)16-23-25-26-24-16/h1-7,9,22H,(H,23,24,25,26). The van der Waals surface area contributed by atoms with Gasteiger partial charge in [-0.2, -0.15) is 23.6 Å². The van der Waals surface area contributed by atoms with E-state index in [9.17, 15) is 23.3 Å². The third-order valence-electron chi connectivity index (χ3n) is 3.59. The summed E-state index contributed by atoms with van der Waals surface area (Å²) in [6.45, 7) is 0. The number of rotatable bonds is 6. The molecule has 0 fully saturated rings. The number of nitrogens with one attached hydrogen (secondary N) is 2. The molecule has 10 nitrogen and oxygen atoms in total. The van der Waals surface area contributed by atoms with E-state index in [2.05, 4.69) is 25.9 Å². The zero-order valence-corrected chi connectivity index (χ0v) is 14.7. The number of hydrogen-bond acceptors (Lipinski definition) is 8. The van der Waals surface area contributed by atoms with E-state index in [1.54, 1.807) is 0 Å². The third-order valence-corrected chi connectivity index (χ3v) is 3.59. The zero-order chi connectivity index (χ0) is 21.7. The van der Waals surface area contributed by atoms with Gasteiger partial charge in [-0.05, 0) is 23.4 Å². The van der Waals surface area contributed by atoms with Gasteiger partial charge in [0.2, 0.25) is 5.82 Å². The van der Waals surface area contributed by atoms with Gasteiger partial charge in [0.15, 0.2) is 0 Å². The molecule has 0 bridgehead atoms. The lowest BCUT2D eigenvalue weighted by Crippen LogP contribution is -2.04. The van der Waals surface area contributed by atoms with Gasteiger partial charge in [0.25, 0.3) is 5.69 Å². The van der Waals surface area contributed by atoms with Gasteiger partial charge >= 0.3 is 6.18 Å². The number of tetrazole rings is 1. The molecule has 0 spiro atoms. The van der Waals surface area contributed by atoms with Crippen LogP contribution < -0.4 is 10.1 Å². The van der Waals surface area contributed by atoms with E-state index in [1.165, 1.54) is 18.3 Å². The second-order valence-electron chi connectivity index (χ2n) is 5.65. The molecule has 0 amide bonds. The van der Waals surface area contributed by atoms with Crippen LogP contribution in [0.1, 0.15) is 11.4 Å². The second-order valence-corrected chi connectivity index (χ2v) is 5.65. The summed E-state index contributed by atoms with van der Waals surface area (Å²) >= 11 is 0. The number of allylic oxidation sites excluding steroid dienone is 1. The molecule has 0 radical (unpaired) electrons. The summed E-state index contributed by atoms with van der Waals surface area (Å²) in [6.07, 6.45) is -3.37. The molecule has 152 valence electrons. The number of nitrogens with zero attached hydrogens (tertiary/aromatic N) is 5. The Morgan fingerprint density at radius 1 is 1.27 bits per heavy atom. The van der Waals surface area contributed by atoms with Crippen LogP contribution in [-0.4, -0.2) is 25.5 Å². The van der Waals surface area contributed by atoms with E-state index in [1.807, 2.05) is 6.07 Å². The predicted molar refractivity (Wildman–Crippen MR) is 96.0 cm³/mol. The van der Waals surface area contributed by atoms with Crippen LogP contribution in [0.2, 0.25) is 0 Å². The highest BCUT2D eigenvalue weighted by atomic mass is 19.4. The van der Waals surface area contributed by atoms with E-state index in [4.69, 9.17) is 10.00 Å². The highest BCUT2D eigenvalue weighted by molar-refractivity contribution is 5.74. The van der Waals surface area contributed by atoms with E-state index >= 15 is 0 Å². The molecule has 13 heteroatoms. The van der Waals surface area contributed by atoms with Gasteiger partial charge in [-0.25, -0.2) is 0 Å². The minimum Gasteiger partial charge on any atom is -0.457 e. The van der Waals surface area contributed by atoms with Crippen LogP contribution in [0, 0.1) is 21.4 Å². The Morgan fingerprint density at radius 3 is 2.70 bits per heavy atom. The molecule has 2 aromatic carbocycles. The Hall–Kier alpha value is -4.47. The fraction of sp³-hybridized carbons (Fsp3) is 0.0588. The number of nitriles is 1. The number of H-pyrrole nitrogens is 1. The number of aromatic nitrogens is 4. The molecule has 3 aromatic rings. The van der Waals surface area contributed by atoms with Crippen molar-refractivity contribution in [1.82, 2.24) is 20.6 Å². The van der Waals surface area contributed by atoms with Crippen molar-refractivity contribution in [2.75, 3.05) is 5.32 Å². The van der Waals surface area contributed by atoms with Crippen molar-refractivity contribution in [2.45, 2.75) is 6.18 Å². The van der Waals surface area contributed by atoms with Crippen LogP contribution in [0.3, 0.4) is 0 Å². The molecule has 0 saturated carbocycles. The molecular weight excluding hydrogens is 407 g/mol. The minimum absolute atomic E-state index is 0.00382. The number of hydrogen-bond donors (Lipinski definition) is 2. The molecule has 0 unspecified atom stereocenters. The number of nitro groups is 1. The number of benzene rings is 2. The average Bonchev–Trinajstić information content (AvgIpc) is 3.22. The topological polar surface area (TPSA) is 143 Å². The van der Waals surface area contributed by atoms with Gasteiger partial charge in [0.05, 0.1) is 16.6 Å². The van der Waals surface area contributed by atoms with Crippen LogP contribution in [0.15, 0.2) is 48.7 Å². The SMILES string of the molecule is N#CC(=CNc1cc(Oc2cccc(C(F)(F)F)c2)cc([N+](=O)[O-])c1)c1nn[nH]n1. The lowest BCUT2D eigenvalue weighted by Gasteiger charge is -2.11. The van der Waals surface area contributed by atoms with Crippen molar-refractivity contribution in [2.24, 2.45) is 0 Å². The second kappa shape index (κ2) is 8.27. The Bertz CT molecular complexity index is 1140. The van der Waals surface area contributed by atoms with E-state index in [-0.39, 0.29) is 34.3 Å². The number of alkyl halides is 3. The molecule has 0 atom stereocenters. The van der Waals surface area contributed by atoms with Crippen LogP contribution in [-0.2, 0) is 6.18 Å². The quantitative estimate of drug-likeness (QED) is 0.349. The van der Waals surface area contributed by atoms with Gasteiger partial charge in [0.1, 0.15) is 23.1 Å². The van der Waals surface area contributed by atoms with E-state index < -0.39 is 16.7 Å². The monoisotopic (exact) mass is 417 g/mol. The van der Waals surface area contributed by atoms with Crippen LogP contribution in [0.4, 0.5) is 24.5 Å². The lowest BCUT2D eigenvalue weighted by molar-refractivity contribution is -0.384. The molecule has 0 saturated heterocycles. The molecule has 3 rings (SSSR count). The Balaban J connectivity index is 1.90. The van der Waals surface area contributed by atoms with Crippen LogP contribution in [0.5, 0.6) is 11.5 Å². The fourth-order valence-electron chi connectivity index (χ4n) is 2.28. The van der Waals surface area contributed by atoms with Gasteiger partial charge in [0, 0.05) is 24.0 Å². The summed E-state index contributed by atoms with van der Waals surface area (Å²) in [5.74, 6) is -0.246. The predicted octanol–water partition coefficient (Wildman–Crippen LogP) is 3.90. The third kappa shape index (κ3) is 4.87. The highest BCUT2D eigenvalue weighted by Gasteiger charge is 2.30. The van der Waals surface area contributed by atoms with E-state index in [0.717, 1.165) is 30.3 Å². The van der Waals surface area contributed by atoms with Crippen LogP contribution >= 0.6 is 0 Å². The van der Waals surface area contributed by atoms with Crippen molar-refractivity contribution < 1.29 is 22.8 Å². The normalized spacial score (nSPS) is 11.6. The largest absolute Gasteiger partial charge is 0.457 e. The molecule has 0 aliphatic rings. The molecule has 2 N–H and O–H groups in total. The van der Waals surface area contributed by atoms with Gasteiger partial charge in [-0.1, -0.05) is 6.07 Å². The highest BCUT2D eigenvalue weighted by Crippen LogP contribution is 2.34. The molecule has 1 aromatic heterocycles. The van der Waals surface area contributed by atoms with Crippen LogP contribution in [0.25, 0.3) is 5.57 Å². The smallest absolute Gasteiger partial charge is 0.416 e. The summed E-state index contributed by atoms with van der Waals surface area (Å²) in [5, 5.41) is 35.8. The number of nitro benzene ring substituents is 1. The molecule has 0 aliphatic carbocycles. The summed E-state index contributed by atoms with van der Waals surface area (Å²) in [4.78, 5) is 10.5. The zero-order valence-electron chi connectivity index (χ0n) is 14.7. The first kappa shape index (κ1) is 20.3. The van der Waals surface area contributed by atoms with Gasteiger partial charge in [-0.15, -0.1) is 10.2 Å². The molecule has 0 aliphatic heterocycles. The fourth-order valence-corrected chi connectivity index (χ4v) is 2.28. The molecule has 1 heterocycles. The number of halogens is 3. The number of ether oxygens (including phenoxy) is 1. The Kier molecular flexibility index (Phi) is 5.59. The first-order valence-corrected chi connectivity index (χ1v) is 8.01. The molecular formula is C17H10F3N7O3. The number of anilines is 1. The first-order chi connectivity index (χ1) is 14.3. The Morgan fingerprint density at radius 2 is 2.07 bits per heavy atom. The van der Waals surface area contributed by atoms with Gasteiger partial charge < -0.3 is 10.1 Å². The van der Waals surface area contributed by atoms with Crippen molar-refractivity contribution in [3.63, 3.8) is 0 Å².